The van der Waals surface area contributed by atoms with Crippen LogP contribution in [-0.4, -0.2) is 10.9 Å². The van der Waals surface area contributed by atoms with Gasteiger partial charge in [-0.05, 0) is 60.0 Å². The summed E-state index contributed by atoms with van der Waals surface area (Å²) >= 11 is 5.96. The molecular weight excluding hydrogens is 386 g/mol. The molecule has 1 amide bonds. The van der Waals surface area contributed by atoms with E-state index < -0.39 is 11.8 Å². The first-order valence-corrected chi connectivity index (χ1v) is 8.86. The van der Waals surface area contributed by atoms with Crippen LogP contribution in [0, 0.1) is 18.7 Å². The summed E-state index contributed by atoms with van der Waals surface area (Å²) in [5, 5.41) is 3.01. The number of halogens is 3. The molecule has 7 heteroatoms. The molecule has 0 aliphatic carbocycles. The van der Waals surface area contributed by atoms with E-state index in [0.29, 0.717) is 23.6 Å². The Morgan fingerprint density at radius 1 is 1.11 bits per heavy atom. The van der Waals surface area contributed by atoms with Crippen molar-refractivity contribution in [3.05, 3.63) is 88.2 Å². The van der Waals surface area contributed by atoms with Gasteiger partial charge in [-0.1, -0.05) is 23.7 Å². The molecule has 0 atom stereocenters. The second-order valence-corrected chi connectivity index (χ2v) is 6.61. The van der Waals surface area contributed by atoms with Crippen molar-refractivity contribution in [2.45, 2.75) is 20.0 Å². The van der Waals surface area contributed by atoms with Crippen molar-refractivity contribution < 1.29 is 18.3 Å². The molecule has 1 heterocycles. The van der Waals surface area contributed by atoms with E-state index in [0.717, 1.165) is 11.1 Å². The summed E-state index contributed by atoms with van der Waals surface area (Å²) in [6.07, 6.45) is 1.36. The number of benzene rings is 2. The summed E-state index contributed by atoms with van der Waals surface area (Å²) in [7, 11) is 0. The maximum absolute atomic E-state index is 13.1. The predicted octanol–water partition coefficient (Wildman–Crippen LogP) is 5.08. The number of carbonyl (C=O) groups excluding carboxylic acids is 1. The monoisotopic (exact) mass is 402 g/mol. The average Bonchev–Trinajstić information content (AvgIpc) is 2.65. The lowest BCUT2D eigenvalue weighted by atomic mass is 10.1. The summed E-state index contributed by atoms with van der Waals surface area (Å²) in [4.78, 5) is 15.8. The molecule has 0 aliphatic rings. The minimum atomic E-state index is -0.564. The van der Waals surface area contributed by atoms with Crippen LogP contribution in [0.15, 0.2) is 54.7 Å². The van der Waals surface area contributed by atoms with Gasteiger partial charge in [0.1, 0.15) is 18.2 Å². The lowest BCUT2D eigenvalue weighted by Crippen LogP contribution is -2.15. The van der Waals surface area contributed by atoms with Crippen molar-refractivity contribution in [1.29, 1.82) is 0 Å². The Bertz CT molecular complexity index is 994. The van der Waals surface area contributed by atoms with Crippen LogP contribution in [0.3, 0.4) is 0 Å². The smallest absolute Gasteiger partial charge is 0.228 e. The molecule has 0 bridgehead atoms. The molecule has 0 saturated carbocycles. The van der Waals surface area contributed by atoms with Gasteiger partial charge >= 0.3 is 0 Å². The van der Waals surface area contributed by atoms with Crippen molar-refractivity contribution in [3.63, 3.8) is 0 Å². The molecule has 3 rings (SSSR count). The van der Waals surface area contributed by atoms with E-state index in [1.54, 1.807) is 6.07 Å². The molecule has 0 spiro atoms. The number of nitrogens with one attached hydrogen (secondary N) is 1. The lowest BCUT2D eigenvalue weighted by molar-refractivity contribution is -0.115. The molecule has 144 valence electrons. The van der Waals surface area contributed by atoms with Crippen LogP contribution in [-0.2, 0) is 17.8 Å². The molecule has 3 aromatic rings. The zero-order valence-electron chi connectivity index (χ0n) is 15.0. The maximum Gasteiger partial charge on any atom is 0.228 e. The Kier molecular flexibility index (Phi) is 6.21. The van der Waals surface area contributed by atoms with Gasteiger partial charge in [0.15, 0.2) is 0 Å². The zero-order valence-corrected chi connectivity index (χ0v) is 15.8. The van der Waals surface area contributed by atoms with Crippen molar-refractivity contribution in [2.24, 2.45) is 0 Å². The minimum absolute atomic E-state index is 0.0423. The second kappa shape index (κ2) is 8.80. The van der Waals surface area contributed by atoms with Crippen molar-refractivity contribution in [2.75, 3.05) is 5.32 Å². The number of aromatic nitrogens is 1. The van der Waals surface area contributed by atoms with Crippen molar-refractivity contribution in [3.8, 4) is 5.75 Å². The molecule has 0 fully saturated rings. The zero-order chi connectivity index (χ0) is 20.1. The number of carbonyl (C=O) groups is 1. The third kappa shape index (κ3) is 5.27. The van der Waals surface area contributed by atoms with Gasteiger partial charge in [0.25, 0.3) is 0 Å². The Balaban J connectivity index is 1.60. The van der Waals surface area contributed by atoms with Gasteiger partial charge in [-0.25, -0.2) is 9.37 Å². The van der Waals surface area contributed by atoms with E-state index in [1.807, 2.05) is 19.1 Å². The minimum Gasteiger partial charge on any atom is -0.487 e. The van der Waals surface area contributed by atoms with Crippen molar-refractivity contribution >= 4 is 23.2 Å². The van der Waals surface area contributed by atoms with E-state index in [1.165, 1.54) is 36.5 Å². The largest absolute Gasteiger partial charge is 0.487 e. The first-order chi connectivity index (χ1) is 13.4. The van der Waals surface area contributed by atoms with E-state index >= 15 is 0 Å². The number of nitrogens with zero attached hydrogens (tertiary/aromatic N) is 1. The quantitative estimate of drug-likeness (QED) is 0.585. The van der Waals surface area contributed by atoms with E-state index in [2.05, 4.69) is 10.3 Å². The van der Waals surface area contributed by atoms with Crippen LogP contribution >= 0.6 is 11.6 Å². The molecular formula is C21H17ClF2N2O2. The fourth-order valence-electron chi connectivity index (χ4n) is 2.59. The van der Waals surface area contributed by atoms with Crippen LogP contribution in [0.1, 0.15) is 16.7 Å². The standard InChI is InChI=1S/C21H17ClF2N2O2/c1-13-8-17(26-21(27)9-14-2-4-16(23)10-19(14)22)5-3-15(13)12-28-18-6-7-20(24)25-11-18/h2-8,10-11H,9,12H2,1H3,(H,26,27). The number of pyridine rings is 1. The van der Waals surface area contributed by atoms with Crippen LogP contribution in [0.25, 0.3) is 0 Å². The van der Waals surface area contributed by atoms with Gasteiger partial charge in [0.05, 0.1) is 12.6 Å². The second-order valence-electron chi connectivity index (χ2n) is 6.21. The summed E-state index contributed by atoms with van der Waals surface area (Å²) in [5.74, 6) is -0.798. The van der Waals surface area contributed by atoms with Crippen LogP contribution in [0.2, 0.25) is 5.02 Å². The number of hydrogen-bond acceptors (Lipinski definition) is 3. The summed E-state index contributed by atoms with van der Waals surface area (Å²) < 4.78 is 31.5. The highest BCUT2D eigenvalue weighted by Gasteiger charge is 2.10. The molecule has 1 aromatic heterocycles. The number of anilines is 1. The molecule has 0 radical (unpaired) electrons. The van der Waals surface area contributed by atoms with Crippen LogP contribution in [0.5, 0.6) is 5.75 Å². The Morgan fingerprint density at radius 3 is 2.57 bits per heavy atom. The Morgan fingerprint density at radius 2 is 1.89 bits per heavy atom. The molecule has 4 nitrogen and oxygen atoms in total. The predicted molar refractivity (Wildman–Crippen MR) is 103 cm³/mol. The number of rotatable bonds is 6. The van der Waals surface area contributed by atoms with Gasteiger partial charge in [-0.15, -0.1) is 0 Å². The first-order valence-electron chi connectivity index (χ1n) is 8.48. The third-order valence-corrected chi connectivity index (χ3v) is 4.44. The Labute approximate surface area is 166 Å². The number of amides is 1. The highest BCUT2D eigenvalue weighted by atomic mass is 35.5. The van der Waals surface area contributed by atoms with E-state index in [4.69, 9.17) is 16.3 Å². The number of ether oxygens (including phenoxy) is 1. The van der Waals surface area contributed by atoms with Crippen molar-refractivity contribution in [1.82, 2.24) is 4.98 Å². The molecule has 0 aliphatic heterocycles. The first kappa shape index (κ1) is 19.8. The van der Waals surface area contributed by atoms with E-state index in [9.17, 15) is 13.6 Å². The van der Waals surface area contributed by atoms with Gasteiger partial charge < -0.3 is 10.1 Å². The average molecular weight is 403 g/mol. The van der Waals surface area contributed by atoms with Gasteiger partial charge in [0.2, 0.25) is 11.9 Å². The molecule has 0 saturated heterocycles. The fourth-order valence-corrected chi connectivity index (χ4v) is 2.82. The van der Waals surface area contributed by atoms with Crippen LogP contribution in [0.4, 0.5) is 14.5 Å². The number of aryl methyl sites for hydroxylation is 1. The summed E-state index contributed by atoms with van der Waals surface area (Å²) in [6, 6.07) is 12.1. The topological polar surface area (TPSA) is 51.2 Å². The molecule has 28 heavy (non-hydrogen) atoms. The summed E-state index contributed by atoms with van der Waals surface area (Å²) in [6.45, 7) is 2.19. The SMILES string of the molecule is Cc1cc(NC(=O)Cc2ccc(F)cc2Cl)ccc1COc1ccc(F)nc1. The van der Waals surface area contributed by atoms with Gasteiger partial charge in [0, 0.05) is 10.7 Å². The number of hydrogen-bond donors (Lipinski definition) is 1. The maximum atomic E-state index is 13.1. The molecule has 0 unspecified atom stereocenters. The molecule has 1 N–H and O–H groups in total. The fraction of sp³-hybridized carbons (Fsp3) is 0.143. The Hall–Kier alpha value is -2.99. The van der Waals surface area contributed by atoms with Gasteiger partial charge in [-0.2, -0.15) is 4.39 Å². The van der Waals surface area contributed by atoms with Gasteiger partial charge in [-0.3, -0.25) is 4.79 Å². The van der Waals surface area contributed by atoms with Crippen LogP contribution < -0.4 is 10.1 Å². The lowest BCUT2D eigenvalue weighted by Gasteiger charge is -2.11. The highest BCUT2D eigenvalue weighted by Crippen LogP contribution is 2.20. The summed E-state index contributed by atoms with van der Waals surface area (Å²) in [5.41, 5.74) is 3.03. The normalized spacial score (nSPS) is 10.6. The third-order valence-electron chi connectivity index (χ3n) is 4.09. The molecule has 2 aromatic carbocycles. The highest BCUT2D eigenvalue weighted by molar-refractivity contribution is 6.31. The van der Waals surface area contributed by atoms with E-state index in [-0.39, 0.29) is 17.4 Å².